The SMILES string of the molecule is COc1cc(C(=O)O)ccc1S(=O)(=O)NC1CCNCC1. The van der Waals surface area contributed by atoms with Crippen LogP contribution in [0.4, 0.5) is 0 Å². The molecule has 0 unspecified atom stereocenters. The maximum absolute atomic E-state index is 12.4. The molecule has 0 spiro atoms. The quantitative estimate of drug-likeness (QED) is 0.728. The number of hydrogen-bond acceptors (Lipinski definition) is 5. The molecule has 21 heavy (non-hydrogen) atoms. The lowest BCUT2D eigenvalue weighted by molar-refractivity contribution is 0.0696. The lowest BCUT2D eigenvalue weighted by Crippen LogP contribution is -2.42. The van der Waals surface area contributed by atoms with E-state index in [1.165, 1.54) is 25.3 Å². The summed E-state index contributed by atoms with van der Waals surface area (Å²) in [4.78, 5) is 10.9. The summed E-state index contributed by atoms with van der Waals surface area (Å²) < 4.78 is 32.5. The Hall–Kier alpha value is -1.64. The maximum Gasteiger partial charge on any atom is 0.335 e. The zero-order valence-electron chi connectivity index (χ0n) is 11.6. The molecule has 1 aliphatic heterocycles. The van der Waals surface area contributed by atoms with Crippen LogP contribution in [0, 0.1) is 0 Å². The molecule has 0 radical (unpaired) electrons. The normalized spacial score (nSPS) is 16.6. The minimum absolute atomic E-state index is 0.0207. The number of carboxylic acid groups (broad SMARTS) is 1. The van der Waals surface area contributed by atoms with Crippen molar-refractivity contribution in [1.82, 2.24) is 10.0 Å². The highest BCUT2D eigenvalue weighted by Gasteiger charge is 2.25. The Balaban J connectivity index is 2.28. The van der Waals surface area contributed by atoms with Crippen molar-refractivity contribution in [2.75, 3.05) is 20.2 Å². The van der Waals surface area contributed by atoms with E-state index in [1.807, 2.05) is 0 Å². The number of sulfonamides is 1. The van der Waals surface area contributed by atoms with Crippen LogP contribution < -0.4 is 14.8 Å². The first kappa shape index (κ1) is 15.7. The molecule has 7 nitrogen and oxygen atoms in total. The molecule has 0 amide bonds. The largest absolute Gasteiger partial charge is 0.495 e. The number of ether oxygens (including phenoxy) is 1. The molecule has 0 atom stereocenters. The molecular formula is C13H18N2O5S. The van der Waals surface area contributed by atoms with Gasteiger partial charge in [0.1, 0.15) is 10.6 Å². The predicted octanol–water partition coefficient (Wildman–Crippen LogP) is 0.424. The Morgan fingerprint density at radius 3 is 2.62 bits per heavy atom. The first-order chi connectivity index (χ1) is 9.94. The molecular weight excluding hydrogens is 296 g/mol. The van der Waals surface area contributed by atoms with Crippen LogP contribution >= 0.6 is 0 Å². The molecule has 0 saturated carbocycles. The van der Waals surface area contributed by atoms with Crippen LogP contribution in [-0.4, -0.2) is 45.7 Å². The first-order valence-corrected chi connectivity index (χ1v) is 8.07. The highest BCUT2D eigenvalue weighted by Crippen LogP contribution is 2.25. The average molecular weight is 314 g/mol. The number of hydrogen-bond donors (Lipinski definition) is 3. The van der Waals surface area contributed by atoms with E-state index in [-0.39, 0.29) is 22.3 Å². The monoisotopic (exact) mass is 314 g/mol. The van der Waals surface area contributed by atoms with Crippen LogP contribution in [0.5, 0.6) is 5.75 Å². The molecule has 0 bridgehead atoms. The third-order valence-electron chi connectivity index (χ3n) is 3.36. The molecule has 8 heteroatoms. The zero-order chi connectivity index (χ0) is 15.5. The Bertz CT molecular complexity index is 623. The lowest BCUT2D eigenvalue weighted by Gasteiger charge is -2.24. The van der Waals surface area contributed by atoms with Crippen LogP contribution in [0.1, 0.15) is 23.2 Å². The van der Waals surface area contributed by atoms with Gasteiger partial charge in [0.2, 0.25) is 10.0 Å². The molecule has 116 valence electrons. The van der Waals surface area contributed by atoms with Crippen LogP contribution in [0.15, 0.2) is 23.1 Å². The van der Waals surface area contributed by atoms with Crippen LogP contribution in [0.2, 0.25) is 0 Å². The number of methoxy groups -OCH3 is 1. The van der Waals surface area contributed by atoms with Gasteiger partial charge in [-0.15, -0.1) is 0 Å². The van der Waals surface area contributed by atoms with Crippen molar-refractivity contribution in [2.24, 2.45) is 0 Å². The van der Waals surface area contributed by atoms with Crippen molar-refractivity contribution in [1.29, 1.82) is 0 Å². The third kappa shape index (κ3) is 3.72. The molecule has 0 aromatic heterocycles. The van der Waals surface area contributed by atoms with E-state index in [1.54, 1.807) is 0 Å². The summed E-state index contributed by atoms with van der Waals surface area (Å²) in [5, 5.41) is 12.1. The smallest absolute Gasteiger partial charge is 0.335 e. The summed E-state index contributed by atoms with van der Waals surface area (Å²) in [6.07, 6.45) is 1.43. The number of carboxylic acids is 1. The molecule has 1 fully saturated rings. The topological polar surface area (TPSA) is 105 Å². The zero-order valence-corrected chi connectivity index (χ0v) is 12.4. The summed E-state index contributed by atoms with van der Waals surface area (Å²) >= 11 is 0. The van der Waals surface area contributed by atoms with Gasteiger partial charge in [0.25, 0.3) is 0 Å². The van der Waals surface area contributed by atoms with Crippen molar-refractivity contribution in [3.63, 3.8) is 0 Å². The fourth-order valence-electron chi connectivity index (χ4n) is 2.25. The summed E-state index contributed by atoms with van der Waals surface area (Å²) in [7, 11) is -2.43. The Kier molecular flexibility index (Phi) is 4.81. The highest BCUT2D eigenvalue weighted by molar-refractivity contribution is 7.89. The number of nitrogens with one attached hydrogen (secondary N) is 2. The number of carbonyl (C=O) groups is 1. The average Bonchev–Trinajstić information content (AvgIpc) is 2.47. The molecule has 3 N–H and O–H groups in total. The van der Waals surface area contributed by atoms with E-state index >= 15 is 0 Å². The van der Waals surface area contributed by atoms with E-state index in [4.69, 9.17) is 9.84 Å². The fraction of sp³-hybridized carbons (Fsp3) is 0.462. The minimum atomic E-state index is -3.74. The Morgan fingerprint density at radius 2 is 2.05 bits per heavy atom. The Morgan fingerprint density at radius 1 is 1.38 bits per heavy atom. The van der Waals surface area contributed by atoms with Crippen LogP contribution in [0.3, 0.4) is 0 Å². The Labute approximate surface area is 123 Å². The number of benzene rings is 1. The van der Waals surface area contributed by atoms with Crippen molar-refractivity contribution in [2.45, 2.75) is 23.8 Å². The summed E-state index contributed by atoms with van der Waals surface area (Å²) in [5.74, 6) is -1.11. The van der Waals surface area contributed by atoms with Gasteiger partial charge in [-0.2, -0.15) is 0 Å². The van der Waals surface area contributed by atoms with Crippen molar-refractivity contribution < 1.29 is 23.1 Å². The van der Waals surface area contributed by atoms with Gasteiger partial charge in [0, 0.05) is 6.04 Å². The van der Waals surface area contributed by atoms with Gasteiger partial charge >= 0.3 is 5.97 Å². The predicted molar refractivity (Wildman–Crippen MR) is 76.2 cm³/mol. The van der Waals surface area contributed by atoms with Crippen LogP contribution in [0.25, 0.3) is 0 Å². The molecule has 1 aliphatic rings. The number of rotatable bonds is 5. The summed E-state index contributed by atoms with van der Waals surface area (Å²) in [6, 6.07) is 3.59. The molecule has 1 saturated heterocycles. The molecule has 1 aromatic carbocycles. The van der Waals surface area contributed by atoms with Crippen molar-refractivity contribution in [3.8, 4) is 5.75 Å². The fourth-order valence-corrected chi connectivity index (χ4v) is 3.70. The van der Waals surface area contributed by atoms with E-state index in [2.05, 4.69) is 10.0 Å². The van der Waals surface area contributed by atoms with Gasteiger partial charge in [-0.05, 0) is 44.1 Å². The molecule has 1 heterocycles. The second-order valence-corrected chi connectivity index (χ2v) is 6.50. The van der Waals surface area contributed by atoms with Crippen LogP contribution in [-0.2, 0) is 10.0 Å². The van der Waals surface area contributed by atoms with Crippen molar-refractivity contribution in [3.05, 3.63) is 23.8 Å². The lowest BCUT2D eigenvalue weighted by atomic mass is 10.1. The number of piperidine rings is 1. The van der Waals surface area contributed by atoms with Gasteiger partial charge < -0.3 is 15.2 Å². The maximum atomic E-state index is 12.4. The third-order valence-corrected chi connectivity index (χ3v) is 4.92. The molecule has 1 aromatic rings. The standard InChI is InChI=1S/C13H18N2O5S/c1-20-11-8-9(13(16)17)2-3-12(11)21(18,19)15-10-4-6-14-7-5-10/h2-3,8,10,14-15H,4-7H2,1H3,(H,16,17). The van der Waals surface area contributed by atoms with E-state index in [9.17, 15) is 13.2 Å². The van der Waals surface area contributed by atoms with Gasteiger partial charge in [0.15, 0.2) is 0 Å². The van der Waals surface area contributed by atoms with Gasteiger partial charge in [-0.25, -0.2) is 17.9 Å². The first-order valence-electron chi connectivity index (χ1n) is 6.58. The number of aromatic carboxylic acids is 1. The highest BCUT2D eigenvalue weighted by atomic mass is 32.2. The van der Waals surface area contributed by atoms with Gasteiger partial charge in [-0.1, -0.05) is 0 Å². The van der Waals surface area contributed by atoms with E-state index in [0.29, 0.717) is 0 Å². The second-order valence-electron chi connectivity index (χ2n) is 4.82. The van der Waals surface area contributed by atoms with E-state index in [0.717, 1.165) is 25.9 Å². The van der Waals surface area contributed by atoms with Crippen molar-refractivity contribution >= 4 is 16.0 Å². The molecule has 0 aliphatic carbocycles. The van der Waals surface area contributed by atoms with Gasteiger partial charge in [0.05, 0.1) is 12.7 Å². The molecule has 2 rings (SSSR count). The minimum Gasteiger partial charge on any atom is -0.495 e. The summed E-state index contributed by atoms with van der Waals surface area (Å²) in [6.45, 7) is 1.53. The summed E-state index contributed by atoms with van der Waals surface area (Å²) in [5.41, 5.74) is -0.0207. The van der Waals surface area contributed by atoms with E-state index < -0.39 is 16.0 Å². The van der Waals surface area contributed by atoms with Gasteiger partial charge in [-0.3, -0.25) is 0 Å². The second kappa shape index (κ2) is 6.42.